The Morgan fingerprint density at radius 2 is 1.90 bits per heavy atom. The van der Waals surface area contributed by atoms with Gasteiger partial charge in [-0.2, -0.15) is 0 Å². The minimum Gasteiger partial charge on any atom is -0.378 e. The Bertz CT molecular complexity index is 613. The lowest BCUT2D eigenvalue weighted by Gasteiger charge is -2.20. The first-order valence-corrected chi connectivity index (χ1v) is 6.74. The smallest absolute Gasteiger partial charge is 0.160 e. The molecule has 0 bridgehead atoms. The average molecular weight is 274 g/mol. The molecule has 1 atom stereocenters. The lowest BCUT2D eigenvalue weighted by Crippen LogP contribution is -2.15. The molecule has 1 heterocycles. The van der Waals surface area contributed by atoms with Gasteiger partial charge in [-0.05, 0) is 36.2 Å². The summed E-state index contributed by atoms with van der Waals surface area (Å²) in [5.74, 6) is -1.64. The largest absolute Gasteiger partial charge is 0.378 e. The molecule has 2 aromatic carbocycles. The maximum atomic E-state index is 13.3. The van der Waals surface area contributed by atoms with Crippen molar-refractivity contribution in [2.45, 2.75) is 19.0 Å². The van der Waals surface area contributed by atoms with Gasteiger partial charge >= 0.3 is 0 Å². The highest BCUT2D eigenvalue weighted by Crippen LogP contribution is 2.27. The van der Waals surface area contributed by atoms with Crippen molar-refractivity contribution in [3.05, 3.63) is 65.2 Å². The van der Waals surface area contributed by atoms with Crippen molar-refractivity contribution in [1.82, 2.24) is 5.32 Å². The number of fused-ring (bicyclic) bond motifs is 1. The van der Waals surface area contributed by atoms with E-state index in [1.165, 1.54) is 17.2 Å². The minimum absolute atomic E-state index is 0.103. The summed E-state index contributed by atoms with van der Waals surface area (Å²) < 4.78 is 26.3. The highest BCUT2D eigenvalue weighted by molar-refractivity contribution is 5.47. The van der Waals surface area contributed by atoms with Gasteiger partial charge in [0, 0.05) is 18.3 Å². The van der Waals surface area contributed by atoms with Crippen LogP contribution < -0.4 is 10.6 Å². The molecular formula is C16H16F2N2. The molecule has 0 saturated carbocycles. The molecule has 20 heavy (non-hydrogen) atoms. The molecule has 0 saturated heterocycles. The Balaban J connectivity index is 1.88. The SMILES string of the molecule is Fc1ccc(NC2CCNCc3ccccc32)cc1F. The molecule has 0 fully saturated rings. The second-order valence-electron chi connectivity index (χ2n) is 4.99. The van der Waals surface area contributed by atoms with Crippen molar-refractivity contribution in [3.8, 4) is 0 Å². The average Bonchev–Trinajstić information content (AvgIpc) is 2.66. The van der Waals surface area contributed by atoms with E-state index in [0.717, 1.165) is 25.6 Å². The molecule has 2 nitrogen and oxygen atoms in total. The number of benzene rings is 2. The van der Waals surface area contributed by atoms with Crippen molar-refractivity contribution in [3.63, 3.8) is 0 Å². The van der Waals surface area contributed by atoms with Gasteiger partial charge in [0.05, 0.1) is 6.04 Å². The summed E-state index contributed by atoms with van der Waals surface area (Å²) in [6, 6.07) is 12.2. The summed E-state index contributed by atoms with van der Waals surface area (Å²) in [7, 11) is 0. The van der Waals surface area contributed by atoms with Gasteiger partial charge in [0.2, 0.25) is 0 Å². The van der Waals surface area contributed by atoms with Gasteiger partial charge in [0.1, 0.15) is 0 Å². The van der Waals surface area contributed by atoms with Crippen LogP contribution in [0, 0.1) is 11.6 Å². The Hall–Kier alpha value is -1.94. The number of anilines is 1. The molecule has 1 unspecified atom stereocenters. The van der Waals surface area contributed by atoms with Crippen molar-refractivity contribution in [2.75, 3.05) is 11.9 Å². The van der Waals surface area contributed by atoms with Crippen LogP contribution in [0.4, 0.5) is 14.5 Å². The summed E-state index contributed by atoms with van der Waals surface area (Å²) in [6.07, 6.45) is 0.899. The second kappa shape index (κ2) is 5.59. The van der Waals surface area contributed by atoms with Crippen LogP contribution in [0.2, 0.25) is 0 Å². The van der Waals surface area contributed by atoms with Gasteiger partial charge in [0.25, 0.3) is 0 Å². The lowest BCUT2D eigenvalue weighted by molar-refractivity contribution is 0.508. The predicted octanol–water partition coefficient (Wildman–Crippen LogP) is 3.61. The molecule has 2 aromatic rings. The third-order valence-electron chi connectivity index (χ3n) is 3.62. The van der Waals surface area contributed by atoms with Crippen molar-refractivity contribution in [2.24, 2.45) is 0 Å². The molecule has 104 valence electrons. The molecule has 0 amide bonds. The quantitative estimate of drug-likeness (QED) is 0.874. The van der Waals surface area contributed by atoms with Crippen LogP contribution in [0.3, 0.4) is 0 Å². The Morgan fingerprint density at radius 1 is 1.05 bits per heavy atom. The van der Waals surface area contributed by atoms with Crippen LogP contribution in [-0.4, -0.2) is 6.54 Å². The maximum absolute atomic E-state index is 13.3. The van der Waals surface area contributed by atoms with Gasteiger partial charge in [-0.25, -0.2) is 8.78 Å². The highest BCUT2D eigenvalue weighted by atomic mass is 19.2. The van der Waals surface area contributed by atoms with Crippen LogP contribution in [0.1, 0.15) is 23.6 Å². The normalized spacial score (nSPS) is 18.2. The van der Waals surface area contributed by atoms with Gasteiger partial charge in [-0.3, -0.25) is 0 Å². The zero-order chi connectivity index (χ0) is 13.9. The summed E-state index contributed by atoms with van der Waals surface area (Å²) in [5, 5.41) is 6.66. The van der Waals surface area contributed by atoms with E-state index in [-0.39, 0.29) is 6.04 Å². The zero-order valence-electron chi connectivity index (χ0n) is 11.0. The Kier molecular flexibility index (Phi) is 3.65. The molecule has 4 heteroatoms. The third-order valence-corrected chi connectivity index (χ3v) is 3.62. The monoisotopic (exact) mass is 274 g/mol. The number of hydrogen-bond acceptors (Lipinski definition) is 2. The molecule has 3 rings (SSSR count). The van der Waals surface area contributed by atoms with E-state index in [2.05, 4.69) is 22.8 Å². The fourth-order valence-electron chi connectivity index (χ4n) is 2.60. The first kappa shape index (κ1) is 13.1. The topological polar surface area (TPSA) is 24.1 Å². The van der Waals surface area contributed by atoms with Crippen LogP contribution in [0.5, 0.6) is 0 Å². The number of rotatable bonds is 2. The third kappa shape index (κ3) is 2.65. The highest BCUT2D eigenvalue weighted by Gasteiger charge is 2.18. The van der Waals surface area contributed by atoms with E-state index < -0.39 is 11.6 Å². The molecule has 0 aliphatic carbocycles. The molecular weight excluding hydrogens is 258 g/mol. The second-order valence-corrected chi connectivity index (χ2v) is 4.99. The summed E-state index contributed by atoms with van der Waals surface area (Å²) in [4.78, 5) is 0. The van der Waals surface area contributed by atoms with Gasteiger partial charge < -0.3 is 10.6 Å². The minimum atomic E-state index is -0.824. The standard InChI is InChI=1S/C16H16F2N2/c17-14-6-5-12(9-15(14)18)20-16-7-8-19-10-11-3-1-2-4-13(11)16/h1-6,9,16,19-20H,7-8,10H2. The molecule has 1 aliphatic rings. The van der Waals surface area contributed by atoms with Gasteiger partial charge in [0.15, 0.2) is 11.6 Å². The van der Waals surface area contributed by atoms with Crippen LogP contribution in [0.15, 0.2) is 42.5 Å². The first-order chi connectivity index (χ1) is 9.74. The van der Waals surface area contributed by atoms with Crippen LogP contribution in [0.25, 0.3) is 0 Å². The Labute approximate surface area is 116 Å². The Morgan fingerprint density at radius 3 is 2.75 bits per heavy atom. The van der Waals surface area contributed by atoms with Crippen molar-refractivity contribution >= 4 is 5.69 Å². The fourth-order valence-corrected chi connectivity index (χ4v) is 2.60. The summed E-state index contributed by atoms with van der Waals surface area (Å²) in [5.41, 5.74) is 3.05. The zero-order valence-corrected chi connectivity index (χ0v) is 11.0. The summed E-state index contributed by atoms with van der Waals surface area (Å²) >= 11 is 0. The molecule has 2 N–H and O–H groups in total. The number of nitrogens with one attached hydrogen (secondary N) is 2. The molecule has 1 aliphatic heterocycles. The molecule has 0 spiro atoms. The van der Waals surface area contributed by atoms with Crippen LogP contribution in [-0.2, 0) is 6.54 Å². The van der Waals surface area contributed by atoms with E-state index >= 15 is 0 Å². The first-order valence-electron chi connectivity index (χ1n) is 6.74. The van der Waals surface area contributed by atoms with E-state index in [4.69, 9.17) is 0 Å². The lowest BCUT2D eigenvalue weighted by atomic mass is 9.99. The van der Waals surface area contributed by atoms with Gasteiger partial charge in [-0.15, -0.1) is 0 Å². The van der Waals surface area contributed by atoms with Crippen LogP contribution >= 0.6 is 0 Å². The fraction of sp³-hybridized carbons (Fsp3) is 0.250. The van der Waals surface area contributed by atoms with E-state index in [9.17, 15) is 8.78 Å². The number of halogens is 2. The summed E-state index contributed by atoms with van der Waals surface area (Å²) in [6.45, 7) is 1.72. The predicted molar refractivity (Wildman–Crippen MR) is 75.5 cm³/mol. The van der Waals surface area contributed by atoms with Gasteiger partial charge in [-0.1, -0.05) is 24.3 Å². The molecule has 0 aromatic heterocycles. The van der Waals surface area contributed by atoms with E-state index in [1.54, 1.807) is 6.07 Å². The van der Waals surface area contributed by atoms with E-state index in [0.29, 0.717) is 5.69 Å². The maximum Gasteiger partial charge on any atom is 0.160 e. The van der Waals surface area contributed by atoms with Crippen molar-refractivity contribution < 1.29 is 8.78 Å². The molecule has 0 radical (unpaired) electrons. The van der Waals surface area contributed by atoms with Crippen molar-refractivity contribution in [1.29, 1.82) is 0 Å². The number of hydrogen-bond donors (Lipinski definition) is 2. The van der Waals surface area contributed by atoms with E-state index in [1.807, 2.05) is 12.1 Å².